The summed E-state index contributed by atoms with van der Waals surface area (Å²) >= 11 is 6.18. The van der Waals surface area contributed by atoms with Crippen LogP contribution in [0.3, 0.4) is 0 Å². The molecule has 0 saturated carbocycles. The van der Waals surface area contributed by atoms with E-state index in [4.69, 9.17) is 16.3 Å². The molecule has 0 amide bonds. The van der Waals surface area contributed by atoms with Crippen LogP contribution in [0.15, 0.2) is 42.6 Å². The van der Waals surface area contributed by atoms with Crippen molar-refractivity contribution < 1.29 is 4.74 Å². The molecule has 0 radical (unpaired) electrons. The van der Waals surface area contributed by atoms with Crippen LogP contribution >= 0.6 is 11.6 Å². The highest BCUT2D eigenvalue weighted by atomic mass is 35.5. The molecule has 20 heavy (non-hydrogen) atoms. The average Bonchev–Trinajstić information content (AvgIpc) is 2.48. The van der Waals surface area contributed by atoms with Gasteiger partial charge >= 0.3 is 0 Å². The number of likely N-dealkylation sites (N-methyl/N-ethyl adjacent to an activating group) is 1. The van der Waals surface area contributed by atoms with Crippen molar-refractivity contribution in [3.63, 3.8) is 0 Å². The molecule has 0 aliphatic carbocycles. The van der Waals surface area contributed by atoms with Gasteiger partial charge in [0.15, 0.2) is 0 Å². The lowest BCUT2D eigenvalue weighted by Crippen LogP contribution is -2.48. The van der Waals surface area contributed by atoms with Gasteiger partial charge in [-0.15, -0.1) is 0 Å². The molecule has 2 aromatic rings. The van der Waals surface area contributed by atoms with Gasteiger partial charge < -0.3 is 4.74 Å². The molecular weight excluding hydrogens is 272 g/mol. The number of halogens is 1. The molecule has 1 aliphatic rings. The standard InChI is InChI=1S/C16H17ClN2O/c1-19-8-7-13(19)11-20-14-9-15(16(17)18-10-14)12-5-3-2-4-6-12/h2-6,9-10,13H,7-8,11H2,1H3. The lowest BCUT2D eigenvalue weighted by Gasteiger charge is -2.37. The molecule has 1 saturated heterocycles. The summed E-state index contributed by atoms with van der Waals surface area (Å²) in [6.07, 6.45) is 2.89. The Balaban J connectivity index is 1.76. The summed E-state index contributed by atoms with van der Waals surface area (Å²) in [6.45, 7) is 1.86. The van der Waals surface area contributed by atoms with Crippen molar-refractivity contribution in [1.29, 1.82) is 0 Å². The van der Waals surface area contributed by atoms with Crippen LogP contribution in [-0.4, -0.2) is 36.1 Å². The van der Waals surface area contributed by atoms with Crippen LogP contribution in [0.5, 0.6) is 5.75 Å². The fourth-order valence-corrected chi connectivity index (χ4v) is 2.51. The van der Waals surface area contributed by atoms with Crippen LogP contribution in [0.1, 0.15) is 6.42 Å². The number of likely N-dealkylation sites (tertiary alicyclic amines) is 1. The first-order chi connectivity index (χ1) is 9.74. The van der Waals surface area contributed by atoms with Gasteiger partial charge in [-0.25, -0.2) is 4.98 Å². The number of hydrogen-bond donors (Lipinski definition) is 0. The summed E-state index contributed by atoms with van der Waals surface area (Å²) in [4.78, 5) is 6.52. The molecule has 1 aromatic heterocycles. The monoisotopic (exact) mass is 288 g/mol. The Morgan fingerprint density at radius 2 is 2.15 bits per heavy atom. The van der Waals surface area contributed by atoms with Crippen LogP contribution in [0.2, 0.25) is 5.15 Å². The molecule has 0 spiro atoms. The predicted molar refractivity (Wildman–Crippen MR) is 81.2 cm³/mol. The first-order valence-corrected chi connectivity index (χ1v) is 7.16. The highest BCUT2D eigenvalue weighted by Crippen LogP contribution is 2.29. The van der Waals surface area contributed by atoms with E-state index in [1.165, 1.54) is 6.42 Å². The first-order valence-electron chi connectivity index (χ1n) is 6.78. The van der Waals surface area contributed by atoms with Gasteiger partial charge in [0.1, 0.15) is 17.5 Å². The van der Waals surface area contributed by atoms with Crippen molar-refractivity contribution in [3.05, 3.63) is 47.7 Å². The molecule has 0 N–H and O–H groups in total. The van der Waals surface area contributed by atoms with Crippen LogP contribution in [-0.2, 0) is 0 Å². The molecule has 2 heterocycles. The van der Waals surface area contributed by atoms with E-state index in [-0.39, 0.29) is 0 Å². The number of aromatic nitrogens is 1. The van der Waals surface area contributed by atoms with Gasteiger partial charge in [0, 0.05) is 11.6 Å². The SMILES string of the molecule is CN1CCC1COc1cnc(Cl)c(-c2ccccc2)c1. The number of pyridine rings is 1. The van der Waals surface area contributed by atoms with Crippen molar-refractivity contribution in [2.24, 2.45) is 0 Å². The molecule has 4 heteroatoms. The number of rotatable bonds is 4. The average molecular weight is 289 g/mol. The summed E-state index contributed by atoms with van der Waals surface area (Å²) < 4.78 is 5.83. The smallest absolute Gasteiger partial charge is 0.138 e. The second kappa shape index (κ2) is 5.81. The summed E-state index contributed by atoms with van der Waals surface area (Å²) in [6, 6.07) is 12.5. The zero-order valence-electron chi connectivity index (χ0n) is 11.4. The number of hydrogen-bond acceptors (Lipinski definition) is 3. The van der Waals surface area contributed by atoms with Crippen LogP contribution < -0.4 is 4.74 Å². The second-order valence-corrected chi connectivity index (χ2v) is 5.47. The quantitative estimate of drug-likeness (QED) is 0.806. The predicted octanol–water partition coefficient (Wildman–Crippen LogP) is 3.48. The van der Waals surface area contributed by atoms with Crippen LogP contribution in [0.4, 0.5) is 0 Å². The second-order valence-electron chi connectivity index (χ2n) is 5.11. The normalized spacial score (nSPS) is 18.6. The van der Waals surface area contributed by atoms with E-state index < -0.39 is 0 Å². The summed E-state index contributed by atoms with van der Waals surface area (Å²) in [5, 5.41) is 0.504. The molecule has 104 valence electrons. The van der Waals surface area contributed by atoms with Gasteiger partial charge in [-0.3, -0.25) is 4.90 Å². The van der Waals surface area contributed by atoms with Gasteiger partial charge in [0.25, 0.3) is 0 Å². The highest BCUT2D eigenvalue weighted by molar-refractivity contribution is 6.32. The minimum Gasteiger partial charge on any atom is -0.490 e. The highest BCUT2D eigenvalue weighted by Gasteiger charge is 2.24. The minimum atomic E-state index is 0.504. The number of ether oxygens (including phenoxy) is 1. The van der Waals surface area contributed by atoms with Crippen molar-refractivity contribution >= 4 is 11.6 Å². The van der Waals surface area contributed by atoms with Crippen LogP contribution in [0.25, 0.3) is 11.1 Å². The Hall–Kier alpha value is -1.58. The maximum absolute atomic E-state index is 6.18. The molecule has 1 aliphatic heterocycles. The third-order valence-corrected chi connectivity index (χ3v) is 4.08. The molecule has 3 nitrogen and oxygen atoms in total. The fraction of sp³-hybridized carbons (Fsp3) is 0.312. The largest absolute Gasteiger partial charge is 0.490 e. The van der Waals surface area contributed by atoms with Crippen molar-refractivity contribution in [2.75, 3.05) is 20.2 Å². The summed E-state index contributed by atoms with van der Waals surface area (Å²) in [5.74, 6) is 0.772. The molecule has 1 fully saturated rings. The number of benzene rings is 1. The minimum absolute atomic E-state index is 0.504. The van der Waals surface area contributed by atoms with Gasteiger partial charge in [-0.2, -0.15) is 0 Å². The van der Waals surface area contributed by atoms with Crippen molar-refractivity contribution in [1.82, 2.24) is 9.88 Å². The van der Waals surface area contributed by atoms with Crippen molar-refractivity contribution in [3.8, 4) is 16.9 Å². The fourth-order valence-electron chi connectivity index (χ4n) is 2.30. The Morgan fingerprint density at radius 1 is 1.35 bits per heavy atom. The van der Waals surface area contributed by atoms with E-state index in [1.54, 1.807) is 6.20 Å². The Morgan fingerprint density at radius 3 is 2.80 bits per heavy atom. The topological polar surface area (TPSA) is 25.4 Å². The van der Waals surface area contributed by atoms with E-state index in [9.17, 15) is 0 Å². The molecule has 3 rings (SSSR count). The van der Waals surface area contributed by atoms with E-state index in [0.29, 0.717) is 17.8 Å². The molecular formula is C16H17ClN2O. The van der Waals surface area contributed by atoms with Gasteiger partial charge in [0.05, 0.1) is 6.20 Å². The van der Waals surface area contributed by atoms with Crippen LogP contribution in [0, 0.1) is 0 Å². The maximum Gasteiger partial charge on any atom is 0.138 e. The molecule has 1 aromatic carbocycles. The van der Waals surface area contributed by atoms with Gasteiger partial charge in [-0.1, -0.05) is 41.9 Å². The maximum atomic E-state index is 6.18. The van der Waals surface area contributed by atoms with E-state index in [1.807, 2.05) is 36.4 Å². The number of nitrogens with zero attached hydrogens (tertiary/aromatic N) is 2. The van der Waals surface area contributed by atoms with E-state index in [2.05, 4.69) is 16.9 Å². The Labute approximate surface area is 124 Å². The third kappa shape index (κ3) is 2.79. The van der Waals surface area contributed by atoms with E-state index in [0.717, 1.165) is 23.4 Å². The lowest BCUT2D eigenvalue weighted by molar-refractivity contribution is 0.0768. The van der Waals surface area contributed by atoms with E-state index >= 15 is 0 Å². The molecule has 0 bridgehead atoms. The van der Waals surface area contributed by atoms with Gasteiger partial charge in [0.2, 0.25) is 0 Å². The first kappa shape index (κ1) is 13.4. The zero-order valence-corrected chi connectivity index (χ0v) is 12.2. The third-order valence-electron chi connectivity index (χ3n) is 3.78. The lowest BCUT2D eigenvalue weighted by atomic mass is 10.1. The summed E-state index contributed by atoms with van der Waals surface area (Å²) in [7, 11) is 2.12. The molecule has 1 atom stereocenters. The van der Waals surface area contributed by atoms with Gasteiger partial charge in [-0.05, 0) is 31.6 Å². The zero-order chi connectivity index (χ0) is 13.9. The molecule has 1 unspecified atom stereocenters. The van der Waals surface area contributed by atoms with Crippen molar-refractivity contribution in [2.45, 2.75) is 12.5 Å². The summed E-state index contributed by atoms with van der Waals surface area (Å²) in [5.41, 5.74) is 1.96. The Bertz CT molecular complexity index is 588. The Kier molecular flexibility index (Phi) is 3.90.